The molecular weight excluding hydrogens is 361 g/mol. The Morgan fingerprint density at radius 3 is 2.89 bits per heavy atom. The van der Waals surface area contributed by atoms with E-state index in [2.05, 4.69) is 44.4 Å². The molecule has 2 rings (SSSR count). The first-order valence-corrected chi connectivity index (χ1v) is 7.31. The molecule has 0 saturated carbocycles. The Kier molecular flexibility index (Phi) is 4.50. The lowest BCUT2D eigenvalue weighted by Crippen LogP contribution is -2.03. The third-order valence-corrected chi connectivity index (χ3v) is 3.52. The molecule has 0 aliphatic rings. The predicted octanol–water partition coefficient (Wildman–Crippen LogP) is 4.60. The van der Waals surface area contributed by atoms with Crippen LogP contribution in [0.15, 0.2) is 24.4 Å². The van der Waals surface area contributed by atoms with Gasteiger partial charge in [0.05, 0.1) is 16.4 Å². The van der Waals surface area contributed by atoms with Crippen LogP contribution in [0.25, 0.3) is 0 Å². The predicted molar refractivity (Wildman–Crippen MR) is 84.7 cm³/mol. The second-order valence-electron chi connectivity index (χ2n) is 4.15. The van der Waals surface area contributed by atoms with E-state index in [0.717, 1.165) is 33.9 Å². The molecule has 0 fully saturated rings. The third-order valence-electron chi connectivity index (χ3n) is 2.54. The van der Waals surface area contributed by atoms with Crippen LogP contribution in [0.1, 0.15) is 19.0 Å². The molecule has 0 bridgehead atoms. The average molecular weight is 376 g/mol. The van der Waals surface area contributed by atoms with Crippen molar-refractivity contribution in [3.63, 3.8) is 0 Å². The highest BCUT2D eigenvalue weighted by Gasteiger charge is 2.07. The number of benzene rings is 1. The molecule has 1 heterocycles. The maximum absolute atomic E-state index is 6.21. The van der Waals surface area contributed by atoms with Gasteiger partial charge in [-0.2, -0.15) is 0 Å². The van der Waals surface area contributed by atoms with Crippen LogP contribution in [0.4, 0.5) is 11.6 Å². The van der Waals surface area contributed by atoms with Crippen molar-refractivity contribution < 1.29 is 0 Å². The summed E-state index contributed by atoms with van der Waals surface area (Å²) in [5.74, 6) is 0.845. The Balaban J connectivity index is 2.27. The van der Waals surface area contributed by atoms with Crippen LogP contribution in [-0.4, -0.2) is 9.55 Å². The molecule has 1 aromatic heterocycles. The minimum absolute atomic E-state index is 0.714. The fraction of sp³-hybridized carbons (Fsp3) is 0.308. The number of nitrogens with zero attached hydrogens (tertiary/aromatic N) is 2. The second-order valence-corrected chi connectivity index (χ2v) is 5.80. The van der Waals surface area contributed by atoms with Gasteiger partial charge in [0.1, 0.15) is 0 Å². The zero-order chi connectivity index (χ0) is 13.1. The van der Waals surface area contributed by atoms with Gasteiger partial charge in [-0.15, -0.1) is 0 Å². The Bertz CT molecular complexity index is 551. The zero-order valence-corrected chi connectivity index (χ0v) is 13.3. The van der Waals surface area contributed by atoms with E-state index in [4.69, 9.17) is 11.6 Å². The maximum Gasteiger partial charge on any atom is 0.207 e. The number of aromatic nitrogens is 2. The Morgan fingerprint density at radius 1 is 1.44 bits per heavy atom. The standard InChI is InChI=1S/C13H15ClIN3/c1-3-6-18-8-9(2)16-13(18)17-12-5-4-10(15)7-11(12)14/h4-5,7-8H,3,6H2,1-2H3,(H,16,17). The molecule has 18 heavy (non-hydrogen) atoms. The van der Waals surface area contributed by atoms with Crippen LogP contribution in [0.2, 0.25) is 5.02 Å². The van der Waals surface area contributed by atoms with Gasteiger partial charge < -0.3 is 9.88 Å². The highest BCUT2D eigenvalue weighted by molar-refractivity contribution is 14.1. The number of imidazole rings is 1. The number of rotatable bonds is 4. The van der Waals surface area contributed by atoms with Gasteiger partial charge >= 0.3 is 0 Å². The summed E-state index contributed by atoms with van der Waals surface area (Å²) in [5, 5.41) is 4.00. The lowest BCUT2D eigenvalue weighted by molar-refractivity contribution is 0.686. The fourth-order valence-electron chi connectivity index (χ4n) is 1.77. The molecule has 0 unspecified atom stereocenters. The normalized spacial score (nSPS) is 10.7. The summed E-state index contributed by atoms with van der Waals surface area (Å²) in [6.07, 6.45) is 3.12. The average Bonchev–Trinajstić information content (AvgIpc) is 2.64. The molecule has 0 amide bonds. The van der Waals surface area contributed by atoms with E-state index in [-0.39, 0.29) is 0 Å². The smallest absolute Gasteiger partial charge is 0.207 e. The zero-order valence-electron chi connectivity index (χ0n) is 10.4. The van der Waals surface area contributed by atoms with Crippen LogP contribution >= 0.6 is 34.2 Å². The molecule has 0 radical (unpaired) electrons. The first kappa shape index (κ1) is 13.7. The van der Waals surface area contributed by atoms with Crippen molar-refractivity contribution in [3.05, 3.63) is 38.7 Å². The molecule has 2 aromatic rings. The van der Waals surface area contributed by atoms with Crippen molar-refractivity contribution >= 4 is 45.8 Å². The lowest BCUT2D eigenvalue weighted by Gasteiger charge is -2.10. The SMILES string of the molecule is CCCn1cc(C)nc1Nc1ccc(I)cc1Cl. The van der Waals surface area contributed by atoms with Crippen molar-refractivity contribution in [2.45, 2.75) is 26.8 Å². The van der Waals surface area contributed by atoms with Crippen molar-refractivity contribution in [1.82, 2.24) is 9.55 Å². The highest BCUT2D eigenvalue weighted by Crippen LogP contribution is 2.26. The molecule has 1 aromatic carbocycles. The van der Waals surface area contributed by atoms with Gasteiger partial charge in [-0.05, 0) is 54.1 Å². The monoisotopic (exact) mass is 375 g/mol. The first-order valence-electron chi connectivity index (χ1n) is 5.86. The van der Waals surface area contributed by atoms with Gasteiger partial charge in [-0.1, -0.05) is 18.5 Å². The summed E-state index contributed by atoms with van der Waals surface area (Å²) in [5.41, 5.74) is 1.90. The Hall–Kier alpha value is -0.750. The molecule has 0 aliphatic carbocycles. The van der Waals surface area contributed by atoms with E-state index in [0.29, 0.717) is 5.02 Å². The summed E-state index contributed by atoms with van der Waals surface area (Å²) in [4.78, 5) is 4.48. The van der Waals surface area contributed by atoms with Crippen LogP contribution in [0.3, 0.4) is 0 Å². The van der Waals surface area contributed by atoms with Crippen LogP contribution in [0.5, 0.6) is 0 Å². The van der Waals surface area contributed by atoms with Crippen LogP contribution < -0.4 is 5.32 Å². The Labute approximate surface area is 126 Å². The molecule has 3 nitrogen and oxygen atoms in total. The minimum Gasteiger partial charge on any atom is -0.324 e. The molecule has 0 spiro atoms. The number of nitrogens with one attached hydrogen (secondary N) is 1. The molecule has 5 heteroatoms. The summed E-state index contributed by atoms with van der Waals surface area (Å²) in [6.45, 7) is 5.09. The molecule has 96 valence electrons. The van der Waals surface area contributed by atoms with E-state index in [1.54, 1.807) is 0 Å². The van der Waals surface area contributed by atoms with Gasteiger partial charge in [0.2, 0.25) is 5.95 Å². The summed E-state index contributed by atoms with van der Waals surface area (Å²) in [7, 11) is 0. The maximum atomic E-state index is 6.21. The van der Waals surface area contributed by atoms with Crippen molar-refractivity contribution in [3.8, 4) is 0 Å². The molecule has 1 N–H and O–H groups in total. The van der Waals surface area contributed by atoms with Crippen molar-refractivity contribution in [2.24, 2.45) is 0 Å². The van der Waals surface area contributed by atoms with Crippen molar-refractivity contribution in [2.75, 3.05) is 5.32 Å². The van der Waals surface area contributed by atoms with Gasteiger partial charge in [0.25, 0.3) is 0 Å². The first-order chi connectivity index (χ1) is 8.60. The second kappa shape index (κ2) is 5.93. The van der Waals surface area contributed by atoms with E-state index in [1.165, 1.54) is 0 Å². The summed E-state index contributed by atoms with van der Waals surface area (Å²) < 4.78 is 3.24. The third kappa shape index (κ3) is 3.17. The number of anilines is 2. The Morgan fingerprint density at radius 2 is 2.22 bits per heavy atom. The number of hydrogen-bond donors (Lipinski definition) is 1. The van der Waals surface area contributed by atoms with Crippen LogP contribution in [-0.2, 0) is 6.54 Å². The molecule has 0 atom stereocenters. The molecular formula is C13H15ClIN3. The molecule has 0 saturated heterocycles. The summed E-state index contributed by atoms with van der Waals surface area (Å²) in [6, 6.07) is 5.93. The van der Waals surface area contributed by atoms with Crippen LogP contribution in [0, 0.1) is 10.5 Å². The minimum atomic E-state index is 0.714. The van der Waals surface area contributed by atoms with Gasteiger partial charge in [-0.25, -0.2) is 4.98 Å². The highest BCUT2D eigenvalue weighted by atomic mass is 127. The number of hydrogen-bond acceptors (Lipinski definition) is 2. The van der Waals surface area contributed by atoms with Gasteiger partial charge in [0, 0.05) is 16.3 Å². The summed E-state index contributed by atoms with van der Waals surface area (Å²) >= 11 is 8.46. The molecule has 0 aliphatic heterocycles. The largest absolute Gasteiger partial charge is 0.324 e. The quantitative estimate of drug-likeness (QED) is 0.791. The van der Waals surface area contributed by atoms with E-state index in [1.807, 2.05) is 31.3 Å². The van der Waals surface area contributed by atoms with E-state index < -0.39 is 0 Å². The number of halogens is 2. The fourth-order valence-corrected chi connectivity index (χ4v) is 2.67. The van der Waals surface area contributed by atoms with Gasteiger partial charge in [0.15, 0.2) is 0 Å². The lowest BCUT2D eigenvalue weighted by atomic mass is 10.3. The van der Waals surface area contributed by atoms with Crippen molar-refractivity contribution in [1.29, 1.82) is 0 Å². The van der Waals surface area contributed by atoms with E-state index >= 15 is 0 Å². The van der Waals surface area contributed by atoms with Gasteiger partial charge in [-0.3, -0.25) is 0 Å². The van der Waals surface area contributed by atoms with E-state index in [9.17, 15) is 0 Å². The topological polar surface area (TPSA) is 29.9 Å². The number of aryl methyl sites for hydroxylation is 2.